The second-order valence-electron chi connectivity index (χ2n) is 7.30. The third kappa shape index (κ3) is 5.15. The minimum Gasteiger partial charge on any atom is -0.448 e. The Balaban J connectivity index is 1.55. The van der Waals surface area contributed by atoms with Crippen LogP contribution in [0.2, 0.25) is 0 Å². The Kier molecular flexibility index (Phi) is 7.12. The topological polar surface area (TPSA) is 75.9 Å². The maximum atomic E-state index is 12.8. The van der Waals surface area contributed by atoms with Gasteiger partial charge in [0.1, 0.15) is 5.70 Å². The lowest BCUT2D eigenvalue weighted by atomic mass is 9.95. The lowest BCUT2D eigenvalue weighted by molar-refractivity contribution is -0.118. The van der Waals surface area contributed by atoms with Crippen molar-refractivity contribution >= 4 is 12.0 Å². The molecule has 0 unspecified atom stereocenters. The number of carbonyl (C=O) groups excluding carboxylic acids is 2. The molecule has 0 atom stereocenters. The molecule has 3 rings (SSSR count). The number of benzene rings is 1. The minimum absolute atomic E-state index is 0.155. The van der Waals surface area contributed by atoms with Crippen LogP contribution < -0.4 is 5.73 Å². The number of nitrogens with zero attached hydrogens (tertiary/aromatic N) is 2. The molecule has 0 saturated heterocycles. The molecule has 6 nitrogen and oxygen atoms in total. The van der Waals surface area contributed by atoms with E-state index in [-0.39, 0.29) is 11.7 Å². The average Bonchev–Trinajstić information content (AvgIpc) is 2.74. The van der Waals surface area contributed by atoms with Gasteiger partial charge in [-0.3, -0.25) is 9.80 Å². The average molecular weight is 383 g/mol. The highest BCUT2D eigenvalue weighted by atomic mass is 16.6. The van der Waals surface area contributed by atoms with Crippen LogP contribution in [0.5, 0.6) is 0 Å². The first-order chi connectivity index (χ1) is 13.7. The molecule has 28 heavy (non-hydrogen) atoms. The molecule has 1 aliphatic carbocycles. The molecule has 1 saturated carbocycles. The zero-order chi connectivity index (χ0) is 19.8. The first-order valence-electron chi connectivity index (χ1n) is 10.1. The molecule has 0 aromatic heterocycles. The number of ether oxygens (including phenoxy) is 1. The van der Waals surface area contributed by atoms with Gasteiger partial charge in [-0.05, 0) is 49.8 Å². The van der Waals surface area contributed by atoms with Crippen molar-refractivity contribution in [1.29, 1.82) is 0 Å². The van der Waals surface area contributed by atoms with Gasteiger partial charge >= 0.3 is 6.09 Å². The summed E-state index contributed by atoms with van der Waals surface area (Å²) in [7, 11) is 0. The molecular weight excluding hydrogens is 354 g/mol. The second-order valence-corrected chi connectivity index (χ2v) is 7.30. The molecule has 6 heteroatoms. The Morgan fingerprint density at radius 1 is 1.07 bits per heavy atom. The lowest BCUT2D eigenvalue weighted by Gasteiger charge is -2.41. The van der Waals surface area contributed by atoms with Gasteiger partial charge in [0, 0.05) is 6.20 Å². The summed E-state index contributed by atoms with van der Waals surface area (Å²) in [6.07, 6.45) is 12.7. The third-order valence-corrected chi connectivity index (χ3v) is 5.25. The summed E-state index contributed by atoms with van der Waals surface area (Å²) < 4.78 is 5.48. The summed E-state index contributed by atoms with van der Waals surface area (Å²) >= 11 is 0. The molecule has 0 bridgehead atoms. The normalized spacial score (nSPS) is 17.4. The summed E-state index contributed by atoms with van der Waals surface area (Å²) in [5, 5.41) is 3.14. The quantitative estimate of drug-likeness (QED) is 0.725. The highest BCUT2D eigenvalue weighted by Gasteiger charge is 2.34. The smallest absolute Gasteiger partial charge is 0.433 e. The first kappa shape index (κ1) is 20.0. The van der Waals surface area contributed by atoms with E-state index >= 15 is 0 Å². The van der Waals surface area contributed by atoms with E-state index in [1.54, 1.807) is 12.2 Å². The fourth-order valence-corrected chi connectivity index (χ4v) is 3.79. The Hall–Kier alpha value is -2.76. The van der Waals surface area contributed by atoms with Crippen LogP contribution in [-0.2, 0) is 16.0 Å². The van der Waals surface area contributed by atoms with Crippen LogP contribution in [0.4, 0.5) is 4.79 Å². The van der Waals surface area contributed by atoms with Gasteiger partial charge in [-0.1, -0.05) is 49.6 Å². The molecule has 2 amide bonds. The molecule has 2 N–H and O–H groups in total. The van der Waals surface area contributed by atoms with Crippen molar-refractivity contribution in [2.75, 3.05) is 6.61 Å². The van der Waals surface area contributed by atoms with E-state index in [4.69, 9.17) is 10.5 Å². The van der Waals surface area contributed by atoms with Crippen molar-refractivity contribution in [1.82, 2.24) is 10.0 Å². The standard InChI is InChI=1S/C22H29N3O3/c23-21(26)20-15-9-16-24(19-13-5-2-6-14-19)25(20)22(27)28-17-8-7-12-18-10-3-1-4-11-18/h1,3-4,9-11,15-16,19H,2,5-8,12-14,17H2,(H2,23,26). The maximum absolute atomic E-state index is 12.8. The summed E-state index contributed by atoms with van der Waals surface area (Å²) in [4.78, 5) is 24.7. The van der Waals surface area contributed by atoms with Crippen molar-refractivity contribution in [2.24, 2.45) is 5.73 Å². The molecule has 1 aliphatic heterocycles. The number of hydrazine groups is 1. The summed E-state index contributed by atoms with van der Waals surface area (Å²) in [6, 6.07) is 10.4. The molecular formula is C22H29N3O3. The van der Waals surface area contributed by atoms with Gasteiger partial charge in [-0.15, -0.1) is 0 Å². The van der Waals surface area contributed by atoms with E-state index in [0.29, 0.717) is 6.61 Å². The molecule has 0 spiro atoms. The molecule has 1 aromatic carbocycles. The van der Waals surface area contributed by atoms with Crippen molar-refractivity contribution < 1.29 is 14.3 Å². The fraction of sp³-hybridized carbons (Fsp3) is 0.455. The van der Waals surface area contributed by atoms with Crippen molar-refractivity contribution in [2.45, 2.75) is 57.4 Å². The summed E-state index contributed by atoms with van der Waals surface area (Å²) in [5.74, 6) is -0.633. The van der Waals surface area contributed by atoms with Crippen molar-refractivity contribution in [3.63, 3.8) is 0 Å². The molecule has 1 heterocycles. The van der Waals surface area contributed by atoms with E-state index in [1.807, 2.05) is 29.4 Å². The van der Waals surface area contributed by atoms with E-state index < -0.39 is 12.0 Å². The van der Waals surface area contributed by atoms with E-state index in [0.717, 1.165) is 44.9 Å². The van der Waals surface area contributed by atoms with Gasteiger partial charge in [0.15, 0.2) is 0 Å². The van der Waals surface area contributed by atoms with E-state index in [9.17, 15) is 9.59 Å². The monoisotopic (exact) mass is 383 g/mol. The zero-order valence-corrected chi connectivity index (χ0v) is 16.3. The number of nitrogens with two attached hydrogens (primary N) is 1. The zero-order valence-electron chi connectivity index (χ0n) is 16.3. The maximum Gasteiger partial charge on any atom is 0.433 e. The van der Waals surface area contributed by atoms with Gasteiger partial charge in [-0.2, -0.15) is 5.01 Å². The predicted octanol–water partition coefficient (Wildman–Crippen LogP) is 3.89. The first-order valence-corrected chi connectivity index (χ1v) is 10.1. The van der Waals surface area contributed by atoms with Gasteiger partial charge in [0.05, 0.1) is 12.6 Å². The fourth-order valence-electron chi connectivity index (χ4n) is 3.79. The Morgan fingerprint density at radius 3 is 2.54 bits per heavy atom. The number of unbranched alkanes of at least 4 members (excludes halogenated alkanes) is 1. The number of allylic oxidation sites excluding steroid dienone is 2. The lowest BCUT2D eigenvalue weighted by Crippen LogP contribution is -2.52. The summed E-state index contributed by atoms with van der Waals surface area (Å²) in [6.45, 7) is 0.316. The number of amides is 2. The SMILES string of the molecule is NC(=O)C1=CC=CN(C2CCCCC2)N1C(=O)OCCCCc1ccccc1. The highest BCUT2D eigenvalue weighted by Crippen LogP contribution is 2.28. The number of primary amides is 1. The van der Waals surface area contributed by atoms with Crippen LogP contribution in [-0.4, -0.2) is 34.7 Å². The summed E-state index contributed by atoms with van der Waals surface area (Å²) in [5.41, 5.74) is 6.94. The van der Waals surface area contributed by atoms with Crippen LogP contribution in [0, 0.1) is 0 Å². The number of hydrogen-bond acceptors (Lipinski definition) is 4. The van der Waals surface area contributed by atoms with Crippen molar-refractivity contribution in [3.05, 3.63) is 59.9 Å². The minimum atomic E-state index is -0.633. The van der Waals surface area contributed by atoms with Gasteiger partial charge < -0.3 is 10.5 Å². The van der Waals surface area contributed by atoms with E-state index in [2.05, 4.69) is 12.1 Å². The molecule has 2 aliphatic rings. The van der Waals surface area contributed by atoms with Crippen LogP contribution in [0.15, 0.2) is 54.4 Å². The van der Waals surface area contributed by atoms with Gasteiger partial charge in [0.2, 0.25) is 0 Å². The number of rotatable bonds is 7. The third-order valence-electron chi connectivity index (χ3n) is 5.25. The predicted molar refractivity (Wildman–Crippen MR) is 108 cm³/mol. The van der Waals surface area contributed by atoms with Crippen LogP contribution in [0.1, 0.15) is 50.5 Å². The Morgan fingerprint density at radius 2 is 1.82 bits per heavy atom. The highest BCUT2D eigenvalue weighted by molar-refractivity contribution is 5.95. The van der Waals surface area contributed by atoms with Crippen LogP contribution in [0.25, 0.3) is 0 Å². The molecule has 0 radical (unpaired) electrons. The number of aryl methyl sites for hydroxylation is 1. The Bertz CT molecular complexity index is 724. The molecule has 1 aromatic rings. The molecule has 1 fully saturated rings. The second kappa shape index (κ2) is 9.97. The van der Waals surface area contributed by atoms with Crippen LogP contribution in [0.3, 0.4) is 0 Å². The van der Waals surface area contributed by atoms with E-state index in [1.165, 1.54) is 17.0 Å². The largest absolute Gasteiger partial charge is 0.448 e. The van der Waals surface area contributed by atoms with Gasteiger partial charge in [-0.25, -0.2) is 4.79 Å². The van der Waals surface area contributed by atoms with Crippen LogP contribution >= 0.6 is 0 Å². The van der Waals surface area contributed by atoms with Gasteiger partial charge in [0.25, 0.3) is 5.91 Å². The molecule has 150 valence electrons. The van der Waals surface area contributed by atoms with Crippen molar-refractivity contribution in [3.8, 4) is 0 Å². The Labute approximate surface area is 166 Å². The number of hydrogen-bond donors (Lipinski definition) is 1. The number of carbonyl (C=O) groups is 2.